The van der Waals surface area contributed by atoms with Crippen molar-refractivity contribution in [2.45, 2.75) is 0 Å². The first kappa shape index (κ1) is 28.3. The molecule has 50 heavy (non-hydrogen) atoms. The monoisotopic (exact) mass is 636 g/mol. The Bertz CT molecular complexity index is 2830. The Morgan fingerprint density at radius 3 is 1.24 bits per heavy atom. The standard InChI is InChI=1S/C46H28N4/c1-2-12-30(13-3-1)44-48-45(31-22-23-36-34-16-5-4-14-32(34)33-15-6-7-17-35(33)41(36)28-31)50-46(49-44)43-39-20-10-8-18-37(39)42(29-24-26-47-27-25-29)38-19-9-11-21-40(38)43/h1-28H. The summed E-state index contributed by atoms with van der Waals surface area (Å²) in [5, 5.41) is 11.8. The fraction of sp³-hybridized carbons (Fsp3) is 0. The van der Waals surface area contributed by atoms with E-state index in [1.54, 1.807) is 0 Å². The second-order valence-corrected chi connectivity index (χ2v) is 12.6. The fourth-order valence-corrected chi connectivity index (χ4v) is 7.58. The Kier molecular flexibility index (Phi) is 6.46. The van der Waals surface area contributed by atoms with Crippen LogP contribution in [0.5, 0.6) is 0 Å². The predicted molar refractivity (Wildman–Crippen MR) is 207 cm³/mol. The van der Waals surface area contributed by atoms with Gasteiger partial charge in [0.15, 0.2) is 17.5 Å². The Hall–Kier alpha value is -6.78. The van der Waals surface area contributed by atoms with Gasteiger partial charge in [0.05, 0.1) is 0 Å². The summed E-state index contributed by atoms with van der Waals surface area (Å²) in [6, 6.07) is 55.4. The van der Waals surface area contributed by atoms with E-state index in [4.69, 9.17) is 15.0 Å². The molecule has 0 atom stereocenters. The van der Waals surface area contributed by atoms with E-state index in [1.807, 2.05) is 30.6 Å². The Labute approximate surface area is 288 Å². The van der Waals surface area contributed by atoms with Crippen LogP contribution in [0.15, 0.2) is 170 Å². The number of pyridine rings is 1. The smallest absolute Gasteiger partial charge is 0.165 e. The van der Waals surface area contributed by atoms with E-state index in [1.165, 1.54) is 37.9 Å². The van der Waals surface area contributed by atoms with E-state index >= 15 is 0 Å². The lowest BCUT2D eigenvalue weighted by molar-refractivity contribution is 1.08. The quantitative estimate of drug-likeness (QED) is 0.142. The summed E-state index contributed by atoms with van der Waals surface area (Å²) in [6.45, 7) is 0. The van der Waals surface area contributed by atoms with E-state index in [9.17, 15) is 0 Å². The molecule has 0 aliphatic heterocycles. The first-order chi connectivity index (χ1) is 24.8. The van der Waals surface area contributed by atoms with Gasteiger partial charge in [-0.3, -0.25) is 4.98 Å². The summed E-state index contributed by atoms with van der Waals surface area (Å²) in [5.74, 6) is 1.92. The molecule has 0 aliphatic rings. The molecule has 8 aromatic carbocycles. The molecular formula is C46H28N4. The van der Waals surface area contributed by atoms with Crippen LogP contribution in [0.3, 0.4) is 0 Å². The largest absolute Gasteiger partial charge is 0.265 e. The lowest BCUT2D eigenvalue weighted by atomic mass is 9.88. The first-order valence-corrected chi connectivity index (χ1v) is 16.8. The molecule has 0 unspecified atom stereocenters. The van der Waals surface area contributed by atoms with Crippen molar-refractivity contribution >= 4 is 53.9 Å². The maximum atomic E-state index is 5.32. The van der Waals surface area contributed by atoms with E-state index in [-0.39, 0.29) is 0 Å². The molecule has 0 fully saturated rings. The van der Waals surface area contributed by atoms with E-state index in [2.05, 4.69) is 145 Å². The Morgan fingerprint density at radius 2 is 0.680 bits per heavy atom. The van der Waals surface area contributed by atoms with Gasteiger partial charge in [0, 0.05) is 29.1 Å². The maximum Gasteiger partial charge on any atom is 0.165 e. The third kappa shape index (κ3) is 4.46. The van der Waals surface area contributed by atoms with Gasteiger partial charge < -0.3 is 0 Å². The molecule has 0 spiro atoms. The molecule has 2 heterocycles. The van der Waals surface area contributed by atoms with Crippen molar-refractivity contribution in [3.63, 3.8) is 0 Å². The van der Waals surface area contributed by atoms with Crippen molar-refractivity contribution in [2.75, 3.05) is 0 Å². The lowest BCUT2D eigenvalue weighted by Crippen LogP contribution is -2.01. The van der Waals surface area contributed by atoms with Crippen LogP contribution in [0.1, 0.15) is 0 Å². The molecule has 232 valence electrons. The third-order valence-corrected chi connectivity index (χ3v) is 9.79. The minimum Gasteiger partial charge on any atom is -0.265 e. The van der Waals surface area contributed by atoms with Gasteiger partial charge in [-0.15, -0.1) is 0 Å². The zero-order chi connectivity index (χ0) is 33.0. The fourth-order valence-electron chi connectivity index (χ4n) is 7.58. The van der Waals surface area contributed by atoms with E-state index < -0.39 is 0 Å². The Balaban J connectivity index is 1.29. The summed E-state index contributed by atoms with van der Waals surface area (Å²) < 4.78 is 0. The topological polar surface area (TPSA) is 51.6 Å². The second-order valence-electron chi connectivity index (χ2n) is 12.6. The summed E-state index contributed by atoms with van der Waals surface area (Å²) in [5.41, 5.74) is 5.18. The van der Waals surface area contributed by atoms with Gasteiger partial charge in [-0.05, 0) is 83.2 Å². The van der Waals surface area contributed by atoms with Crippen molar-refractivity contribution in [3.05, 3.63) is 170 Å². The van der Waals surface area contributed by atoms with Gasteiger partial charge in [0.2, 0.25) is 0 Å². The minimum atomic E-state index is 0.638. The number of aromatic nitrogens is 4. The molecule has 0 N–H and O–H groups in total. The van der Waals surface area contributed by atoms with Gasteiger partial charge in [0.25, 0.3) is 0 Å². The van der Waals surface area contributed by atoms with Crippen molar-refractivity contribution in [1.29, 1.82) is 0 Å². The van der Waals surface area contributed by atoms with Gasteiger partial charge in [-0.1, -0.05) is 140 Å². The molecule has 0 aliphatic carbocycles. The molecule has 0 amide bonds. The normalized spacial score (nSPS) is 11.6. The summed E-state index contributed by atoms with van der Waals surface area (Å²) >= 11 is 0. The molecule has 0 saturated heterocycles. The predicted octanol–water partition coefficient (Wildman–Crippen LogP) is 11.7. The van der Waals surface area contributed by atoms with E-state index in [0.717, 1.165) is 43.8 Å². The summed E-state index contributed by atoms with van der Waals surface area (Å²) in [6.07, 6.45) is 3.71. The maximum absolute atomic E-state index is 5.32. The number of fused-ring (bicyclic) bond motifs is 8. The van der Waals surface area contributed by atoms with Crippen molar-refractivity contribution in [2.24, 2.45) is 0 Å². The molecule has 0 bridgehead atoms. The van der Waals surface area contributed by atoms with Gasteiger partial charge >= 0.3 is 0 Å². The van der Waals surface area contributed by atoms with Crippen LogP contribution in [0.4, 0.5) is 0 Å². The van der Waals surface area contributed by atoms with Crippen LogP contribution in [0.2, 0.25) is 0 Å². The molecule has 10 aromatic rings. The minimum absolute atomic E-state index is 0.638. The molecule has 0 radical (unpaired) electrons. The number of hydrogen-bond acceptors (Lipinski definition) is 4. The van der Waals surface area contributed by atoms with Crippen molar-refractivity contribution < 1.29 is 0 Å². The van der Waals surface area contributed by atoms with Crippen molar-refractivity contribution in [3.8, 4) is 45.3 Å². The molecule has 4 heteroatoms. The van der Waals surface area contributed by atoms with E-state index in [0.29, 0.717) is 17.5 Å². The highest BCUT2D eigenvalue weighted by molar-refractivity contribution is 6.26. The number of rotatable bonds is 4. The molecule has 2 aromatic heterocycles. The average molecular weight is 637 g/mol. The molecule has 4 nitrogen and oxygen atoms in total. The second kappa shape index (κ2) is 11.4. The van der Waals surface area contributed by atoms with Crippen molar-refractivity contribution in [1.82, 2.24) is 19.9 Å². The van der Waals surface area contributed by atoms with Crippen LogP contribution in [0.25, 0.3) is 99.2 Å². The third-order valence-electron chi connectivity index (χ3n) is 9.79. The highest BCUT2D eigenvalue weighted by Gasteiger charge is 2.21. The van der Waals surface area contributed by atoms with Gasteiger partial charge in [-0.25, -0.2) is 15.0 Å². The summed E-state index contributed by atoms with van der Waals surface area (Å²) in [4.78, 5) is 20.0. The number of hydrogen-bond donors (Lipinski definition) is 0. The van der Waals surface area contributed by atoms with Crippen LogP contribution in [0, 0.1) is 0 Å². The van der Waals surface area contributed by atoms with Crippen LogP contribution < -0.4 is 0 Å². The zero-order valence-electron chi connectivity index (χ0n) is 27.0. The Morgan fingerprint density at radius 1 is 0.260 bits per heavy atom. The zero-order valence-corrected chi connectivity index (χ0v) is 27.0. The molecule has 10 rings (SSSR count). The van der Waals surface area contributed by atoms with Crippen LogP contribution in [-0.2, 0) is 0 Å². The molecular weight excluding hydrogens is 609 g/mol. The molecule has 0 saturated carbocycles. The highest BCUT2D eigenvalue weighted by Crippen LogP contribution is 2.43. The number of benzene rings is 8. The van der Waals surface area contributed by atoms with Gasteiger partial charge in [-0.2, -0.15) is 0 Å². The first-order valence-electron chi connectivity index (χ1n) is 16.8. The van der Waals surface area contributed by atoms with Crippen LogP contribution >= 0.6 is 0 Å². The summed E-state index contributed by atoms with van der Waals surface area (Å²) in [7, 11) is 0. The van der Waals surface area contributed by atoms with Crippen LogP contribution in [-0.4, -0.2) is 19.9 Å². The number of nitrogens with zero attached hydrogens (tertiary/aromatic N) is 4. The highest BCUT2D eigenvalue weighted by atomic mass is 15.0. The lowest BCUT2D eigenvalue weighted by Gasteiger charge is -2.17. The SMILES string of the molecule is c1ccc(-c2nc(-c3ccc4c5ccccc5c5ccccc5c4c3)nc(-c3c4ccccc4c(-c4ccncc4)c4ccccc34)n2)cc1. The van der Waals surface area contributed by atoms with Gasteiger partial charge in [0.1, 0.15) is 0 Å². The average Bonchev–Trinajstić information content (AvgIpc) is 3.20.